The minimum Gasteiger partial charge on any atom is -0.464 e. The number of sulfonamides is 1. The first-order valence-corrected chi connectivity index (χ1v) is 8.77. The number of likely N-dealkylation sites (N-methyl/N-ethyl adjacent to an activating group) is 2. The van der Waals surface area contributed by atoms with Crippen LogP contribution >= 0.6 is 0 Å². The molecule has 1 amide bonds. The molecule has 2 rings (SSSR count). The summed E-state index contributed by atoms with van der Waals surface area (Å²) in [5.41, 5.74) is 0. The number of hydrogen-bond donors (Lipinski definition) is 0. The van der Waals surface area contributed by atoms with Crippen molar-refractivity contribution in [3.63, 3.8) is 0 Å². The molecular weight excluding hydrogens is 292 g/mol. The van der Waals surface area contributed by atoms with Gasteiger partial charge in [0.05, 0.1) is 19.3 Å². The Morgan fingerprint density at radius 2 is 2.00 bits per heavy atom. The van der Waals surface area contributed by atoms with Crippen LogP contribution in [0.25, 0.3) is 0 Å². The molecule has 0 bridgehead atoms. The number of amides is 1. The Kier molecular flexibility index (Phi) is 4.43. The lowest BCUT2D eigenvalue weighted by atomic mass is 10.3. The van der Waals surface area contributed by atoms with Crippen molar-refractivity contribution in [2.24, 2.45) is 5.92 Å². The van der Waals surface area contributed by atoms with Crippen molar-refractivity contribution in [1.82, 2.24) is 9.21 Å². The maximum atomic E-state index is 12.0. The van der Waals surface area contributed by atoms with Gasteiger partial charge in [-0.25, -0.2) is 8.42 Å². The van der Waals surface area contributed by atoms with Crippen molar-refractivity contribution >= 4 is 15.9 Å². The van der Waals surface area contributed by atoms with E-state index in [4.69, 9.17) is 4.42 Å². The summed E-state index contributed by atoms with van der Waals surface area (Å²) in [6, 6.07) is 3.84. The van der Waals surface area contributed by atoms with Gasteiger partial charge in [-0.3, -0.25) is 4.79 Å². The third kappa shape index (κ3) is 4.07. The largest absolute Gasteiger partial charge is 0.464 e. The maximum absolute atomic E-state index is 12.0. The third-order valence-corrected chi connectivity index (χ3v) is 5.16. The number of rotatable bonds is 6. The van der Waals surface area contributed by atoms with E-state index in [0.717, 1.165) is 28.5 Å². The van der Waals surface area contributed by atoms with Crippen molar-refractivity contribution in [2.75, 3.05) is 26.9 Å². The summed E-state index contributed by atoms with van der Waals surface area (Å²) >= 11 is 0. The number of furan rings is 1. The molecule has 1 saturated carbocycles. The Labute approximate surface area is 125 Å². The van der Waals surface area contributed by atoms with Crippen molar-refractivity contribution in [3.8, 4) is 0 Å². The molecule has 0 N–H and O–H groups in total. The average molecular weight is 314 g/mol. The summed E-state index contributed by atoms with van der Waals surface area (Å²) in [4.78, 5) is 13.5. The van der Waals surface area contributed by atoms with Crippen LogP contribution in [0.1, 0.15) is 30.8 Å². The molecule has 6 nitrogen and oxygen atoms in total. The fraction of sp³-hybridized carbons (Fsp3) is 0.643. The maximum Gasteiger partial charge on any atom is 0.238 e. The molecule has 21 heavy (non-hydrogen) atoms. The monoisotopic (exact) mass is 314 g/mol. The van der Waals surface area contributed by atoms with Crippen LogP contribution in [-0.2, 0) is 21.4 Å². The van der Waals surface area contributed by atoms with Gasteiger partial charge in [0.1, 0.15) is 11.5 Å². The summed E-state index contributed by atoms with van der Waals surface area (Å²) < 4.78 is 29.4. The molecule has 0 saturated heterocycles. The van der Waals surface area contributed by atoms with Crippen molar-refractivity contribution in [2.45, 2.75) is 25.8 Å². The summed E-state index contributed by atoms with van der Waals surface area (Å²) in [5, 5.41) is 0. The Morgan fingerprint density at radius 1 is 1.38 bits per heavy atom. The first kappa shape index (κ1) is 16.0. The fourth-order valence-corrected chi connectivity index (χ4v) is 2.49. The Morgan fingerprint density at radius 3 is 2.52 bits per heavy atom. The van der Waals surface area contributed by atoms with Crippen LogP contribution in [0.2, 0.25) is 0 Å². The highest BCUT2D eigenvalue weighted by molar-refractivity contribution is 7.88. The molecule has 0 radical (unpaired) electrons. The standard InChI is InChI=1S/C14H22N2O4S/c1-10-7-12(10)13-6-5-11(20-13)8-15(2)14(17)9-16(3)21(4,18)19/h5-6,10,12H,7-9H2,1-4H3/t10-,12+/m1/s1. The normalized spacial score (nSPS) is 21.6. The molecule has 1 heterocycles. The molecule has 1 aromatic heterocycles. The van der Waals surface area contributed by atoms with Crippen LogP contribution in [0.3, 0.4) is 0 Å². The van der Waals surface area contributed by atoms with E-state index >= 15 is 0 Å². The van der Waals surface area contributed by atoms with Crippen molar-refractivity contribution < 1.29 is 17.6 Å². The molecule has 0 unspecified atom stereocenters. The summed E-state index contributed by atoms with van der Waals surface area (Å²) in [6.07, 6.45) is 2.23. The number of carbonyl (C=O) groups is 1. The molecule has 0 aromatic carbocycles. The average Bonchev–Trinajstić information content (AvgIpc) is 2.92. The van der Waals surface area contributed by atoms with Crippen molar-refractivity contribution in [1.29, 1.82) is 0 Å². The van der Waals surface area contributed by atoms with Crippen LogP contribution in [0.15, 0.2) is 16.5 Å². The van der Waals surface area contributed by atoms with Gasteiger partial charge in [-0.15, -0.1) is 0 Å². The van der Waals surface area contributed by atoms with Gasteiger partial charge in [-0.2, -0.15) is 4.31 Å². The first-order valence-electron chi connectivity index (χ1n) is 6.92. The molecule has 1 aliphatic rings. The van der Waals surface area contributed by atoms with Gasteiger partial charge in [-0.1, -0.05) is 6.92 Å². The highest BCUT2D eigenvalue weighted by atomic mass is 32.2. The third-order valence-electron chi connectivity index (χ3n) is 3.90. The molecule has 1 aliphatic carbocycles. The van der Waals surface area contributed by atoms with Gasteiger partial charge >= 0.3 is 0 Å². The second-order valence-corrected chi connectivity index (χ2v) is 7.98. The smallest absolute Gasteiger partial charge is 0.238 e. The molecule has 118 valence electrons. The van der Waals surface area contributed by atoms with E-state index in [2.05, 4.69) is 6.92 Å². The van der Waals surface area contributed by atoms with Crippen LogP contribution < -0.4 is 0 Å². The first-order chi connectivity index (χ1) is 9.68. The molecule has 2 atom stereocenters. The van der Waals surface area contributed by atoms with E-state index in [1.165, 1.54) is 11.9 Å². The van der Waals surface area contributed by atoms with E-state index in [0.29, 0.717) is 18.4 Å². The predicted octanol–water partition coefficient (Wildman–Crippen LogP) is 1.25. The quantitative estimate of drug-likeness (QED) is 0.792. The van der Waals surface area contributed by atoms with Gasteiger partial charge in [0.2, 0.25) is 15.9 Å². The molecule has 1 aromatic rings. The van der Waals surface area contributed by atoms with Gasteiger partial charge in [0.25, 0.3) is 0 Å². The van der Waals surface area contributed by atoms with E-state index in [1.54, 1.807) is 7.05 Å². The van der Waals surface area contributed by atoms with E-state index in [9.17, 15) is 13.2 Å². The summed E-state index contributed by atoms with van der Waals surface area (Å²) in [6.45, 7) is 2.36. The highest BCUT2D eigenvalue weighted by Crippen LogP contribution is 2.47. The zero-order chi connectivity index (χ0) is 15.8. The Bertz CT molecular complexity index is 623. The van der Waals surface area contributed by atoms with Crippen molar-refractivity contribution in [3.05, 3.63) is 23.7 Å². The van der Waals surface area contributed by atoms with Crippen LogP contribution in [-0.4, -0.2) is 50.4 Å². The molecule has 0 aliphatic heterocycles. The fourth-order valence-electron chi connectivity index (χ4n) is 2.15. The van der Waals surface area contributed by atoms with Crippen LogP contribution in [0.5, 0.6) is 0 Å². The second-order valence-electron chi connectivity index (χ2n) is 5.89. The lowest BCUT2D eigenvalue weighted by Gasteiger charge is -2.19. The lowest BCUT2D eigenvalue weighted by Crippen LogP contribution is -2.38. The molecule has 7 heteroatoms. The summed E-state index contributed by atoms with van der Waals surface area (Å²) in [5.74, 6) is 2.62. The number of carbonyl (C=O) groups excluding carboxylic acids is 1. The predicted molar refractivity (Wildman–Crippen MR) is 79.2 cm³/mol. The summed E-state index contributed by atoms with van der Waals surface area (Å²) in [7, 11) is -0.318. The lowest BCUT2D eigenvalue weighted by molar-refractivity contribution is -0.130. The second kappa shape index (κ2) is 5.81. The Balaban J connectivity index is 1.90. The van der Waals surface area contributed by atoms with Crippen LogP contribution in [0.4, 0.5) is 0 Å². The zero-order valence-electron chi connectivity index (χ0n) is 12.9. The number of nitrogens with zero attached hydrogens (tertiary/aromatic N) is 2. The van der Waals surface area contributed by atoms with Gasteiger partial charge < -0.3 is 9.32 Å². The van der Waals surface area contributed by atoms with E-state index in [1.807, 2.05) is 12.1 Å². The minimum absolute atomic E-state index is 0.164. The number of hydrogen-bond acceptors (Lipinski definition) is 4. The SMILES string of the molecule is C[C@@H]1C[C@@H]1c1ccc(CN(C)C(=O)CN(C)S(C)(=O)=O)o1. The van der Waals surface area contributed by atoms with E-state index < -0.39 is 10.0 Å². The highest BCUT2D eigenvalue weighted by Gasteiger charge is 2.36. The van der Waals surface area contributed by atoms with Crippen LogP contribution in [0, 0.1) is 5.92 Å². The van der Waals surface area contributed by atoms with Gasteiger partial charge in [0.15, 0.2) is 0 Å². The van der Waals surface area contributed by atoms with Gasteiger partial charge in [-0.05, 0) is 24.5 Å². The molecule has 0 spiro atoms. The Hall–Kier alpha value is -1.34. The molecule has 1 fully saturated rings. The molecular formula is C14H22N2O4S. The zero-order valence-corrected chi connectivity index (χ0v) is 13.7. The van der Waals surface area contributed by atoms with E-state index in [-0.39, 0.29) is 12.5 Å². The topological polar surface area (TPSA) is 70.8 Å². The van der Waals surface area contributed by atoms with Gasteiger partial charge in [0, 0.05) is 20.0 Å². The minimum atomic E-state index is -3.35.